The van der Waals surface area contributed by atoms with Crippen molar-refractivity contribution < 1.29 is 4.74 Å². The van der Waals surface area contributed by atoms with Crippen molar-refractivity contribution in [1.82, 2.24) is 15.1 Å². The average Bonchev–Trinajstić information content (AvgIpc) is 2.68. The summed E-state index contributed by atoms with van der Waals surface area (Å²) in [6.45, 7) is 5.97. The number of ether oxygens (including phenoxy) is 1. The topological polar surface area (TPSA) is 39.1 Å². The van der Waals surface area contributed by atoms with Crippen LogP contribution in [0.15, 0.2) is 12.4 Å². The van der Waals surface area contributed by atoms with E-state index in [1.165, 1.54) is 19.4 Å². The van der Waals surface area contributed by atoms with Crippen LogP contribution in [0.2, 0.25) is 0 Å². The minimum absolute atomic E-state index is 0.705. The summed E-state index contributed by atoms with van der Waals surface area (Å²) in [4.78, 5) is 0. The quantitative estimate of drug-likeness (QED) is 0.812. The molecule has 2 heterocycles. The van der Waals surface area contributed by atoms with Crippen LogP contribution in [0.4, 0.5) is 0 Å². The predicted molar refractivity (Wildman–Crippen MR) is 59.0 cm³/mol. The third-order valence-corrected chi connectivity index (χ3v) is 2.76. The van der Waals surface area contributed by atoms with Crippen molar-refractivity contribution in [3.8, 4) is 5.75 Å². The predicted octanol–water partition coefficient (Wildman–Crippen LogP) is 1.28. The minimum Gasteiger partial charge on any atom is -0.491 e. The van der Waals surface area contributed by atoms with E-state index >= 15 is 0 Å². The Kier molecular flexibility index (Phi) is 3.61. The van der Waals surface area contributed by atoms with Crippen LogP contribution in [0, 0.1) is 5.92 Å². The van der Waals surface area contributed by atoms with Crippen LogP contribution in [-0.4, -0.2) is 29.5 Å². The summed E-state index contributed by atoms with van der Waals surface area (Å²) < 4.78 is 7.37. The molecule has 15 heavy (non-hydrogen) atoms. The van der Waals surface area contributed by atoms with E-state index in [0.717, 1.165) is 18.8 Å². The first-order valence-electron chi connectivity index (χ1n) is 5.74. The van der Waals surface area contributed by atoms with Crippen molar-refractivity contribution in [2.45, 2.75) is 26.3 Å². The molecule has 1 unspecified atom stereocenters. The Morgan fingerprint density at radius 1 is 1.67 bits per heavy atom. The van der Waals surface area contributed by atoms with Crippen LogP contribution >= 0.6 is 0 Å². The van der Waals surface area contributed by atoms with E-state index in [2.05, 4.69) is 10.4 Å². The second-order valence-corrected chi connectivity index (χ2v) is 4.04. The summed E-state index contributed by atoms with van der Waals surface area (Å²) >= 11 is 0. The fraction of sp³-hybridized carbons (Fsp3) is 0.727. The monoisotopic (exact) mass is 209 g/mol. The summed E-state index contributed by atoms with van der Waals surface area (Å²) in [7, 11) is 0. The molecule has 0 aromatic carbocycles. The Labute approximate surface area is 90.6 Å². The van der Waals surface area contributed by atoms with E-state index in [0.29, 0.717) is 12.5 Å². The maximum atomic E-state index is 5.38. The average molecular weight is 209 g/mol. The summed E-state index contributed by atoms with van der Waals surface area (Å²) in [5, 5.41) is 7.71. The lowest BCUT2D eigenvalue weighted by Crippen LogP contribution is -2.32. The maximum Gasteiger partial charge on any atom is 0.157 e. The molecule has 1 N–H and O–H groups in total. The van der Waals surface area contributed by atoms with Gasteiger partial charge in [-0.3, -0.25) is 4.68 Å². The number of hydrogen-bond donors (Lipinski definition) is 1. The Morgan fingerprint density at radius 3 is 3.33 bits per heavy atom. The molecule has 1 fully saturated rings. The Hall–Kier alpha value is -1.03. The molecule has 1 aromatic rings. The highest BCUT2D eigenvalue weighted by Gasteiger charge is 2.13. The van der Waals surface area contributed by atoms with Crippen molar-refractivity contribution in [2.75, 3.05) is 19.7 Å². The molecule has 1 saturated heterocycles. The molecule has 0 spiro atoms. The summed E-state index contributed by atoms with van der Waals surface area (Å²) in [6, 6.07) is 0. The van der Waals surface area contributed by atoms with E-state index in [1.807, 2.05) is 17.8 Å². The van der Waals surface area contributed by atoms with Gasteiger partial charge in [-0.05, 0) is 38.8 Å². The molecule has 4 nitrogen and oxygen atoms in total. The molecule has 1 aliphatic rings. The molecular formula is C11H19N3O. The van der Waals surface area contributed by atoms with Crippen LogP contribution in [-0.2, 0) is 6.54 Å². The number of nitrogens with one attached hydrogen (secondary N) is 1. The molecule has 0 aliphatic carbocycles. The van der Waals surface area contributed by atoms with Gasteiger partial charge in [-0.15, -0.1) is 0 Å². The van der Waals surface area contributed by atoms with Gasteiger partial charge in [-0.2, -0.15) is 5.10 Å². The van der Waals surface area contributed by atoms with E-state index in [-0.39, 0.29) is 0 Å². The maximum absolute atomic E-state index is 5.38. The van der Waals surface area contributed by atoms with Gasteiger partial charge in [-0.1, -0.05) is 0 Å². The molecular weight excluding hydrogens is 190 g/mol. The molecule has 0 amide bonds. The van der Waals surface area contributed by atoms with Gasteiger partial charge < -0.3 is 10.1 Å². The first kappa shape index (κ1) is 10.5. The number of piperidine rings is 1. The van der Waals surface area contributed by atoms with Crippen LogP contribution in [0.3, 0.4) is 0 Å². The molecule has 84 valence electrons. The van der Waals surface area contributed by atoms with E-state index in [9.17, 15) is 0 Å². The van der Waals surface area contributed by atoms with Crippen molar-refractivity contribution in [3.05, 3.63) is 12.4 Å². The van der Waals surface area contributed by atoms with E-state index in [1.54, 1.807) is 6.20 Å². The molecule has 1 aromatic heterocycles. The molecule has 4 heteroatoms. The van der Waals surface area contributed by atoms with Crippen molar-refractivity contribution in [3.63, 3.8) is 0 Å². The lowest BCUT2D eigenvalue weighted by atomic mass is 10.00. The number of hydrogen-bond acceptors (Lipinski definition) is 3. The summed E-state index contributed by atoms with van der Waals surface area (Å²) in [6.07, 6.45) is 6.36. The van der Waals surface area contributed by atoms with Gasteiger partial charge in [0, 0.05) is 6.54 Å². The van der Waals surface area contributed by atoms with Crippen molar-refractivity contribution >= 4 is 0 Å². The summed E-state index contributed by atoms with van der Waals surface area (Å²) in [5.41, 5.74) is 0. The molecule has 1 atom stereocenters. The van der Waals surface area contributed by atoms with Crippen LogP contribution in [0.25, 0.3) is 0 Å². The van der Waals surface area contributed by atoms with Gasteiger partial charge >= 0.3 is 0 Å². The number of rotatable bonds is 4. The van der Waals surface area contributed by atoms with Gasteiger partial charge in [-0.25, -0.2) is 0 Å². The van der Waals surface area contributed by atoms with Crippen molar-refractivity contribution in [2.24, 2.45) is 5.92 Å². The lowest BCUT2D eigenvalue weighted by molar-refractivity contribution is 0.321. The standard InChI is InChI=1S/C11H19N3O/c1-2-15-11-7-13-14(9-11)8-10-4-3-5-12-6-10/h7,9-10,12H,2-6,8H2,1H3. The molecule has 0 saturated carbocycles. The SMILES string of the molecule is CCOc1cnn(CC2CCCNC2)c1. The van der Waals surface area contributed by atoms with Gasteiger partial charge in [0.15, 0.2) is 5.75 Å². The second kappa shape index (κ2) is 5.16. The van der Waals surface area contributed by atoms with E-state index < -0.39 is 0 Å². The highest BCUT2D eigenvalue weighted by molar-refractivity contribution is 5.11. The van der Waals surface area contributed by atoms with Crippen molar-refractivity contribution in [1.29, 1.82) is 0 Å². The summed E-state index contributed by atoms with van der Waals surface area (Å²) in [5.74, 6) is 1.59. The molecule has 2 rings (SSSR count). The van der Waals surface area contributed by atoms with Gasteiger partial charge in [0.25, 0.3) is 0 Å². The zero-order chi connectivity index (χ0) is 10.5. The fourth-order valence-corrected chi connectivity index (χ4v) is 2.03. The fourth-order valence-electron chi connectivity index (χ4n) is 2.03. The molecule has 1 aliphatic heterocycles. The third kappa shape index (κ3) is 2.96. The Morgan fingerprint density at radius 2 is 2.60 bits per heavy atom. The largest absolute Gasteiger partial charge is 0.491 e. The van der Waals surface area contributed by atoms with Crippen LogP contribution in [0.1, 0.15) is 19.8 Å². The molecule has 0 radical (unpaired) electrons. The first-order chi connectivity index (χ1) is 7.38. The zero-order valence-electron chi connectivity index (χ0n) is 9.28. The lowest BCUT2D eigenvalue weighted by Gasteiger charge is -2.22. The smallest absolute Gasteiger partial charge is 0.157 e. The van der Waals surface area contributed by atoms with Crippen LogP contribution < -0.4 is 10.1 Å². The normalized spacial score (nSPS) is 21.5. The number of nitrogens with zero attached hydrogens (tertiary/aromatic N) is 2. The van der Waals surface area contributed by atoms with Gasteiger partial charge in [0.1, 0.15) is 0 Å². The van der Waals surface area contributed by atoms with Gasteiger partial charge in [0.05, 0.1) is 19.0 Å². The zero-order valence-corrected chi connectivity index (χ0v) is 9.28. The first-order valence-corrected chi connectivity index (χ1v) is 5.74. The van der Waals surface area contributed by atoms with E-state index in [4.69, 9.17) is 4.74 Å². The second-order valence-electron chi connectivity index (χ2n) is 4.04. The number of aromatic nitrogens is 2. The minimum atomic E-state index is 0.705. The van der Waals surface area contributed by atoms with Gasteiger partial charge in [0.2, 0.25) is 0 Å². The Bertz CT molecular complexity index is 292. The molecule has 0 bridgehead atoms. The highest BCUT2D eigenvalue weighted by Crippen LogP contribution is 2.14. The Balaban J connectivity index is 1.86. The van der Waals surface area contributed by atoms with Crippen LogP contribution in [0.5, 0.6) is 5.75 Å². The highest BCUT2D eigenvalue weighted by atomic mass is 16.5. The third-order valence-electron chi connectivity index (χ3n) is 2.76.